The van der Waals surface area contributed by atoms with Crippen molar-refractivity contribution in [3.63, 3.8) is 0 Å². The second kappa shape index (κ2) is 4.71. The fourth-order valence-electron chi connectivity index (χ4n) is 0.729. The van der Waals surface area contributed by atoms with Gasteiger partial charge in [-0.15, -0.1) is 11.3 Å². The minimum Gasteiger partial charge on any atom is -0.347 e. The lowest BCUT2D eigenvalue weighted by Gasteiger charge is -2.09. The summed E-state index contributed by atoms with van der Waals surface area (Å²) in [6, 6.07) is 0. The van der Waals surface area contributed by atoms with Crippen molar-refractivity contribution in [3.05, 3.63) is 16.6 Å². The predicted molar refractivity (Wildman–Crippen MR) is 53.1 cm³/mol. The Kier molecular flexibility index (Phi) is 3.58. The normalized spacial score (nSPS) is 9.57. The van der Waals surface area contributed by atoms with E-state index in [-0.39, 0.29) is 18.4 Å². The van der Waals surface area contributed by atoms with E-state index < -0.39 is 0 Å². The summed E-state index contributed by atoms with van der Waals surface area (Å²) in [4.78, 5) is 27.6. The number of likely N-dealkylation sites (N-methyl/N-ethyl adjacent to an activating group) is 1. The molecule has 1 heterocycles. The van der Waals surface area contributed by atoms with Crippen LogP contribution in [-0.2, 0) is 4.79 Å². The number of nitrogens with one attached hydrogen (secondary N) is 1. The number of aromatic nitrogens is 1. The van der Waals surface area contributed by atoms with Crippen molar-refractivity contribution in [2.75, 3.05) is 20.6 Å². The number of hydrogen-bond acceptors (Lipinski definition) is 4. The van der Waals surface area contributed by atoms with Crippen molar-refractivity contribution in [1.82, 2.24) is 15.2 Å². The van der Waals surface area contributed by atoms with Crippen LogP contribution in [-0.4, -0.2) is 42.3 Å². The van der Waals surface area contributed by atoms with Gasteiger partial charge in [-0.2, -0.15) is 0 Å². The summed E-state index contributed by atoms with van der Waals surface area (Å²) < 4.78 is 0. The predicted octanol–water partition coefficient (Wildman–Crippen LogP) is -0.0389. The van der Waals surface area contributed by atoms with Crippen LogP contribution in [0.2, 0.25) is 0 Å². The van der Waals surface area contributed by atoms with Gasteiger partial charge < -0.3 is 10.2 Å². The maximum absolute atomic E-state index is 11.3. The van der Waals surface area contributed by atoms with Crippen LogP contribution < -0.4 is 5.32 Å². The molecule has 0 unspecified atom stereocenters. The fraction of sp³-hybridized carbons (Fsp3) is 0.375. The van der Waals surface area contributed by atoms with Crippen LogP contribution in [0.25, 0.3) is 0 Å². The molecule has 1 rings (SSSR count). The Morgan fingerprint density at radius 1 is 1.57 bits per heavy atom. The lowest BCUT2D eigenvalue weighted by atomic mass is 10.4. The molecule has 1 N–H and O–H groups in total. The van der Waals surface area contributed by atoms with Gasteiger partial charge in [0.2, 0.25) is 5.91 Å². The largest absolute Gasteiger partial charge is 0.347 e. The molecule has 0 atom stereocenters. The van der Waals surface area contributed by atoms with Gasteiger partial charge in [0, 0.05) is 19.5 Å². The zero-order valence-corrected chi connectivity index (χ0v) is 8.80. The van der Waals surface area contributed by atoms with Gasteiger partial charge in [0.15, 0.2) is 0 Å². The molecule has 0 aliphatic rings. The average molecular weight is 213 g/mol. The first-order valence-electron chi connectivity index (χ1n) is 3.98. The number of hydrogen-bond donors (Lipinski definition) is 1. The van der Waals surface area contributed by atoms with Gasteiger partial charge in [0.25, 0.3) is 5.91 Å². The fourth-order valence-corrected chi connectivity index (χ4v) is 1.26. The Morgan fingerprint density at radius 3 is 2.79 bits per heavy atom. The molecule has 5 nitrogen and oxygen atoms in total. The first-order chi connectivity index (χ1) is 6.61. The lowest BCUT2D eigenvalue weighted by Crippen LogP contribution is -2.36. The summed E-state index contributed by atoms with van der Waals surface area (Å²) in [6.07, 6.45) is 0. The molecule has 14 heavy (non-hydrogen) atoms. The number of carbonyl (C=O) groups excluding carboxylic acids is 2. The van der Waals surface area contributed by atoms with Crippen molar-refractivity contribution >= 4 is 23.2 Å². The molecule has 76 valence electrons. The summed E-state index contributed by atoms with van der Waals surface area (Å²) in [5.41, 5.74) is 1.92. The maximum Gasteiger partial charge on any atom is 0.271 e. The topological polar surface area (TPSA) is 62.3 Å². The van der Waals surface area contributed by atoms with Crippen molar-refractivity contribution < 1.29 is 9.59 Å². The lowest BCUT2D eigenvalue weighted by molar-refractivity contribution is -0.127. The van der Waals surface area contributed by atoms with Crippen LogP contribution in [0.5, 0.6) is 0 Å². The Labute approximate surface area is 85.7 Å². The minimum atomic E-state index is -0.318. The van der Waals surface area contributed by atoms with Gasteiger partial charge in [0.1, 0.15) is 5.69 Å². The smallest absolute Gasteiger partial charge is 0.271 e. The van der Waals surface area contributed by atoms with E-state index in [1.54, 1.807) is 25.0 Å². The van der Waals surface area contributed by atoms with Gasteiger partial charge in [-0.25, -0.2) is 4.98 Å². The highest BCUT2D eigenvalue weighted by Crippen LogP contribution is 1.99. The van der Waals surface area contributed by atoms with E-state index >= 15 is 0 Å². The molecule has 0 saturated carbocycles. The Bertz CT molecular complexity index is 321. The summed E-state index contributed by atoms with van der Waals surface area (Å²) in [6.45, 7) is 0.00333. The summed E-state index contributed by atoms with van der Waals surface area (Å²) in [5, 5.41) is 4.11. The van der Waals surface area contributed by atoms with Gasteiger partial charge in [0.05, 0.1) is 12.1 Å². The SMILES string of the molecule is CN(C)C(=O)CNC(=O)c1cscn1. The summed E-state index contributed by atoms with van der Waals surface area (Å²) in [5.74, 6) is -0.463. The zero-order valence-electron chi connectivity index (χ0n) is 7.98. The van der Waals surface area contributed by atoms with Crippen molar-refractivity contribution in [3.8, 4) is 0 Å². The van der Waals surface area contributed by atoms with E-state index in [1.807, 2.05) is 0 Å². The van der Waals surface area contributed by atoms with Crippen LogP contribution in [0.1, 0.15) is 10.5 Å². The standard InChI is InChI=1S/C8H11N3O2S/c1-11(2)7(12)3-9-8(13)6-4-14-5-10-6/h4-5H,3H2,1-2H3,(H,9,13). The van der Waals surface area contributed by atoms with Gasteiger partial charge in [-0.3, -0.25) is 9.59 Å². The third kappa shape index (κ3) is 2.81. The van der Waals surface area contributed by atoms with Gasteiger partial charge in [-0.05, 0) is 0 Å². The molecule has 0 radical (unpaired) electrons. The molecule has 0 saturated heterocycles. The summed E-state index contributed by atoms with van der Waals surface area (Å²) in [7, 11) is 3.27. The Hall–Kier alpha value is -1.43. The van der Waals surface area contributed by atoms with Crippen LogP contribution >= 0.6 is 11.3 Å². The van der Waals surface area contributed by atoms with Gasteiger partial charge in [-0.1, -0.05) is 0 Å². The first kappa shape index (κ1) is 10.6. The molecule has 1 aromatic heterocycles. The molecule has 6 heteroatoms. The Morgan fingerprint density at radius 2 is 2.29 bits per heavy atom. The Balaban J connectivity index is 2.40. The number of amides is 2. The molecule has 2 amide bonds. The van der Waals surface area contributed by atoms with E-state index in [4.69, 9.17) is 0 Å². The average Bonchev–Trinajstić information content (AvgIpc) is 2.66. The molecule has 0 aliphatic heterocycles. The van der Waals surface area contributed by atoms with Crippen LogP contribution in [0.4, 0.5) is 0 Å². The van der Waals surface area contributed by atoms with Crippen LogP contribution in [0, 0.1) is 0 Å². The van der Waals surface area contributed by atoms with Crippen molar-refractivity contribution in [1.29, 1.82) is 0 Å². The molecule has 1 aromatic rings. The third-order valence-electron chi connectivity index (χ3n) is 1.56. The molecule has 0 fully saturated rings. The van der Waals surface area contributed by atoms with E-state index in [0.717, 1.165) is 0 Å². The maximum atomic E-state index is 11.3. The second-order valence-corrected chi connectivity index (χ2v) is 3.56. The molecule has 0 bridgehead atoms. The molecular formula is C8H11N3O2S. The number of rotatable bonds is 3. The van der Waals surface area contributed by atoms with E-state index in [9.17, 15) is 9.59 Å². The molecule has 0 aliphatic carbocycles. The monoisotopic (exact) mass is 213 g/mol. The number of nitrogens with zero attached hydrogens (tertiary/aromatic N) is 2. The van der Waals surface area contributed by atoms with E-state index in [1.165, 1.54) is 16.2 Å². The minimum absolute atomic E-state index is 0.00333. The highest BCUT2D eigenvalue weighted by molar-refractivity contribution is 7.07. The third-order valence-corrected chi connectivity index (χ3v) is 2.15. The number of thiazole rings is 1. The highest BCUT2D eigenvalue weighted by Gasteiger charge is 2.09. The van der Waals surface area contributed by atoms with Crippen LogP contribution in [0.15, 0.2) is 10.9 Å². The molecule has 0 aromatic carbocycles. The van der Waals surface area contributed by atoms with E-state index in [2.05, 4.69) is 10.3 Å². The summed E-state index contributed by atoms with van der Waals surface area (Å²) >= 11 is 1.34. The van der Waals surface area contributed by atoms with Gasteiger partial charge >= 0.3 is 0 Å². The van der Waals surface area contributed by atoms with Crippen LogP contribution in [0.3, 0.4) is 0 Å². The molecular weight excluding hydrogens is 202 g/mol. The molecule has 0 spiro atoms. The zero-order chi connectivity index (χ0) is 10.6. The van der Waals surface area contributed by atoms with Crippen molar-refractivity contribution in [2.45, 2.75) is 0 Å². The number of carbonyl (C=O) groups is 2. The first-order valence-corrected chi connectivity index (χ1v) is 4.92. The highest BCUT2D eigenvalue weighted by atomic mass is 32.1. The quantitative estimate of drug-likeness (QED) is 0.766. The van der Waals surface area contributed by atoms with E-state index in [0.29, 0.717) is 5.69 Å². The van der Waals surface area contributed by atoms with Crippen molar-refractivity contribution in [2.24, 2.45) is 0 Å². The second-order valence-electron chi connectivity index (χ2n) is 2.84.